The van der Waals surface area contributed by atoms with Crippen LogP contribution in [0.3, 0.4) is 0 Å². The maximum absolute atomic E-state index is 10.4. The average molecular weight is 435 g/mol. The molecule has 1 fully saturated rings. The van der Waals surface area contributed by atoms with Gasteiger partial charge in [-0.05, 0) is 62.1 Å². The maximum atomic E-state index is 10.4. The van der Waals surface area contributed by atoms with Gasteiger partial charge in [-0.2, -0.15) is 0 Å². The van der Waals surface area contributed by atoms with E-state index in [1.54, 1.807) is 0 Å². The van der Waals surface area contributed by atoms with Gasteiger partial charge in [-0.1, -0.05) is 35.9 Å². The van der Waals surface area contributed by atoms with E-state index in [-0.39, 0.29) is 18.8 Å². The van der Waals surface area contributed by atoms with Crippen molar-refractivity contribution in [1.82, 2.24) is 0 Å². The van der Waals surface area contributed by atoms with Crippen LogP contribution in [0.2, 0.25) is 5.02 Å². The topological polar surface area (TPSA) is 68.2 Å². The quantitative estimate of drug-likeness (QED) is 0.648. The van der Waals surface area contributed by atoms with Gasteiger partial charge in [0.2, 0.25) is 0 Å². The lowest BCUT2D eigenvalue weighted by Gasteiger charge is -2.37. The zero-order valence-electron chi connectivity index (χ0n) is 17.8. The molecule has 6 heteroatoms. The van der Waals surface area contributed by atoms with Crippen LogP contribution in [0.25, 0.3) is 0 Å². The number of aliphatic hydroxyl groups is 2. The summed E-state index contributed by atoms with van der Waals surface area (Å²) in [4.78, 5) is 0. The molecule has 0 amide bonds. The minimum absolute atomic E-state index is 0.0227. The molecule has 4 atom stereocenters. The van der Waals surface area contributed by atoms with Crippen LogP contribution in [0.5, 0.6) is 5.75 Å². The van der Waals surface area contributed by atoms with E-state index in [0.29, 0.717) is 24.5 Å². The van der Waals surface area contributed by atoms with Crippen molar-refractivity contribution in [1.29, 1.82) is 0 Å². The van der Waals surface area contributed by atoms with E-state index in [1.165, 1.54) is 0 Å². The second-order valence-electron chi connectivity index (χ2n) is 7.94. The van der Waals surface area contributed by atoms with Crippen LogP contribution in [-0.2, 0) is 15.9 Å². The van der Waals surface area contributed by atoms with Crippen molar-refractivity contribution < 1.29 is 24.4 Å². The van der Waals surface area contributed by atoms with Gasteiger partial charge in [0.25, 0.3) is 0 Å². The first kappa shape index (κ1) is 23.0. The van der Waals surface area contributed by atoms with Crippen molar-refractivity contribution in [3.8, 4) is 5.75 Å². The van der Waals surface area contributed by atoms with Gasteiger partial charge < -0.3 is 24.4 Å². The normalized spacial score (nSPS) is 24.2. The molecule has 0 spiro atoms. The van der Waals surface area contributed by atoms with Crippen LogP contribution >= 0.6 is 11.6 Å². The van der Waals surface area contributed by atoms with Gasteiger partial charge in [-0.15, -0.1) is 0 Å². The van der Waals surface area contributed by atoms with Gasteiger partial charge in [-0.3, -0.25) is 0 Å². The number of hydrogen-bond acceptors (Lipinski definition) is 5. The largest absolute Gasteiger partial charge is 0.494 e. The summed E-state index contributed by atoms with van der Waals surface area (Å²) >= 11 is 6.46. The van der Waals surface area contributed by atoms with Gasteiger partial charge >= 0.3 is 0 Å². The summed E-state index contributed by atoms with van der Waals surface area (Å²) in [7, 11) is 0. The Morgan fingerprint density at radius 2 is 1.87 bits per heavy atom. The second-order valence-corrected chi connectivity index (χ2v) is 8.35. The third-order valence-electron chi connectivity index (χ3n) is 5.23. The van der Waals surface area contributed by atoms with Gasteiger partial charge in [0.1, 0.15) is 18.0 Å². The molecular formula is C24H31ClO5. The third kappa shape index (κ3) is 5.96. The molecule has 3 unspecified atom stereocenters. The van der Waals surface area contributed by atoms with Gasteiger partial charge in [0, 0.05) is 11.4 Å². The van der Waals surface area contributed by atoms with Crippen LogP contribution in [-0.4, -0.2) is 47.8 Å². The summed E-state index contributed by atoms with van der Waals surface area (Å²) in [6.07, 6.45) is -1.72. The maximum Gasteiger partial charge on any atom is 0.119 e. The fourth-order valence-electron chi connectivity index (χ4n) is 3.61. The first-order valence-electron chi connectivity index (χ1n) is 10.5. The van der Waals surface area contributed by atoms with Crippen LogP contribution in [0.4, 0.5) is 0 Å². The molecule has 0 aromatic heterocycles. The lowest BCUT2D eigenvalue weighted by atomic mass is 9.92. The zero-order valence-corrected chi connectivity index (χ0v) is 18.5. The highest BCUT2D eigenvalue weighted by Crippen LogP contribution is 2.34. The predicted octanol–water partition coefficient (Wildman–Crippen LogP) is 4.31. The van der Waals surface area contributed by atoms with E-state index in [9.17, 15) is 10.2 Å². The summed E-state index contributed by atoms with van der Waals surface area (Å²) in [6.45, 7) is 6.68. The van der Waals surface area contributed by atoms with Crippen molar-refractivity contribution >= 4 is 11.6 Å². The van der Waals surface area contributed by atoms with E-state index in [4.69, 9.17) is 25.8 Å². The van der Waals surface area contributed by atoms with Gasteiger partial charge in [-0.25, -0.2) is 0 Å². The molecule has 3 rings (SSSR count). The van der Waals surface area contributed by atoms with E-state index in [0.717, 1.165) is 22.4 Å². The summed E-state index contributed by atoms with van der Waals surface area (Å²) in [5, 5.41) is 21.3. The number of rotatable bonds is 8. The average Bonchev–Trinajstić information content (AvgIpc) is 2.72. The Balaban J connectivity index is 1.74. The minimum atomic E-state index is -0.962. The fraction of sp³-hybridized carbons (Fsp3) is 0.500. The number of benzene rings is 2. The van der Waals surface area contributed by atoms with Crippen LogP contribution in [0.1, 0.15) is 50.0 Å². The first-order chi connectivity index (χ1) is 14.4. The lowest BCUT2D eigenvalue weighted by molar-refractivity contribution is -0.190. The first-order valence-corrected chi connectivity index (χ1v) is 10.9. The minimum Gasteiger partial charge on any atom is -0.494 e. The van der Waals surface area contributed by atoms with Crippen LogP contribution < -0.4 is 4.74 Å². The number of ether oxygens (including phenoxy) is 3. The summed E-state index contributed by atoms with van der Waals surface area (Å²) in [5.74, 6) is 0.846. The number of aliphatic hydroxyl groups excluding tert-OH is 2. The molecule has 164 valence electrons. The monoisotopic (exact) mass is 434 g/mol. The summed E-state index contributed by atoms with van der Waals surface area (Å²) < 4.78 is 17.2. The molecule has 0 radical (unpaired) electrons. The number of halogens is 1. The van der Waals surface area contributed by atoms with Crippen molar-refractivity contribution in [2.75, 3.05) is 13.2 Å². The second kappa shape index (κ2) is 10.6. The van der Waals surface area contributed by atoms with Crippen LogP contribution in [0.15, 0.2) is 42.5 Å². The molecule has 2 aromatic rings. The molecule has 30 heavy (non-hydrogen) atoms. The molecule has 5 nitrogen and oxygen atoms in total. The molecule has 1 heterocycles. The van der Waals surface area contributed by atoms with Crippen LogP contribution in [0, 0.1) is 0 Å². The smallest absolute Gasteiger partial charge is 0.119 e. The van der Waals surface area contributed by atoms with E-state index < -0.39 is 18.3 Å². The van der Waals surface area contributed by atoms with Crippen molar-refractivity contribution in [2.45, 2.75) is 64.1 Å². The molecular weight excluding hydrogens is 404 g/mol. The Kier molecular flexibility index (Phi) is 8.14. The molecule has 2 N–H and O–H groups in total. The molecule has 0 saturated carbocycles. The van der Waals surface area contributed by atoms with E-state index in [1.807, 2.05) is 63.2 Å². The van der Waals surface area contributed by atoms with Crippen molar-refractivity contribution in [3.05, 3.63) is 64.2 Å². The Bertz CT molecular complexity index is 808. The molecule has 0 aliphatic carbocycles. The van der Waals surface area contributed by atoms with Gasteiger partial charge in [0.05, 0.1) is 31.5 Å². The SMILES string of the molecule is CCOc1ccc(Cc2cc(C3CC(O)[C@H](O)C(COC(C)C)O3)ccc2Cl)cc1. The molecule has 0 bridgehead atoms. The molecule has 2 aromatic carbocycles. The summed E-state index contributed by atoms with van der Waals surface area (Å²) in [5.41, 5.74) is 3.04. The molecule has 1 saturated heterocycles. The Hall–Kier alpha value is -1.63. The third-order valence-corrected chi connectivity index (χ3v) is 5.60. The van der Waals surface area contributed by atoms with Crippen molar-refractivity contribution in [3.63, 3.8) is 0 Å². The zero-order chi connectivity index (χ0) is 21.7. The van der Waals surface area contributed by atoms with E-state index in [2.05, 4.69) is 0 Å². The summed E-state index contributed by atoms with van der Waals surface area (Å²) in [6, 6.07) is 13.8. The molecule has 1 aliphatic rings. The van der Waals surface area contributed by atoms with Crippen molar-refractivity contribution in [2.24, 2.45) is 0 Å². The highest BCUT2D eigenvalue weighted by Gasteiger charge is 2.37. The molecule has 1 aliphatic heterocycles. The van der Waals surface area contributed by atoms with Gasteiger partial charge in [0.15, 0.2) is 0 Å². The predicted molar refractivity (Wildman–Crippen MR) is 117 cm³/mol. The highest BCUT2D eigenvalue weighted by atomic mass is 35.5. The standard InChI is InChI=1S/C24H31ClO5/c1-4-28-19-8-5-16(6-9-19)11-18-12-17(7-10-20(18)25)22-13-21(26)24(27)23(30-22)14-29-15(2)3/h5-10,12,15,21-24,26-27H,4,11,13-14H2,1-3H3/t21?,22?,23?,24-/m0/s1. The Labute approximate surface area is 183 Å². The number of hydrogen-bond donors (Lipinski definition) is 2. The lowest BCUT2D eigenvalue weighted by Crippen LogP contribution is -2.48. The van der Waals surface area contributed by atoms with E-state index >= 15 is 0 Å². The Morgan fingerprint density at radius 1 is 1.13 bits per heavy atom. The Morgan fingerprint density at radius 3 is 2.53 bits per heavy atom. The fourth-order valence-corrected chi connectivity index (χ4v) is 3.80. The highest BCUT2D eigenvalue weighted by molar-refractivity contribution is 6.31.